The highest BCUT2D eigenvalue weighted by Crippen LogP contribution is 2.29. The zero-order valence-electron chi connectivity index (χ0n) is 10.3. The molecule has 0 radical (unpaired) electrons. The van der Waals surface area contributed by atoms with Crippen LogP contribution in [-0.4, -0.2) is 35.4 Å². The van der Waals surface area contributed by atoms with Gasteiger partial charge in [0.15, 0.2) is 0 Å². The van der Waals surface area contributed by atoms with Gasteiger partial charge in [0.2, 0.25) is 5.72 Å². The van der Waals surface area contributed by atoms with Gasteiger partial charge in [-0.1, -0.05) is 30.3 Å². The normalized spacial score (nSPS) is 23.4. The van der Waals surface area contributed by atoms with E-state index in [1.165, 1.54) is 7.11 Å². The largest absolute Gasteiger partial charge is 0.466 e. The average Bonchev–Trinajstić information content (AvgIpc) is 2.72. The van der Waals surface area contributed by atoms with Crippen molar-refractivity contribution >= 4 is 18.4 Å². The molecule has 0 aromatic heterocycles. The SMILES string of the molecule is COC(=O)C1(O)CCCN1Cc1ccccc1.Cl. The summed E-state index contributed by atoms with van der Waals surface area (Å²) in [6.07, 6.45) is 1.24. The summed E-state index contributed by atoms with van der Waals surface area (Å²) in [5, 5.41) is 10.3. The smallest absolute Gasteiger partial charge is 0.353 e. The third kappa shape index (κ3) is 2.83. The number of methoxy groups -OCH3 is 1. The van der Waals surface area contributed by atoms with Crippen LogP contribution in [0.3, 0.4) is 0 Å². The molecule has 100 valence electrons. The third-order valence-corrected chi connectivity index (χ3v) is 3.21. The maximum absolute atomic E-state index is 11.6. The molecule has 1 saturated heterocycles. The standard InChI is InChI=1S/C13H17NO3.ClH/c1-17-12(15)13(16)8-5-9-14(13)10-11-6-3-2-4-7-11;/h2-4,6-7,16H,5,8-10H2,1H3;1H. The van der Waals surface area contributed by atoms with Crippen molar-refractivity contribution in [3.63, 3.8) is 0 Å². The van der Waals surface area contributed by atoms with Gasteiger partial charge in [0.05, 0.1) is 7.11 Å². The lowest BCUT2D eigenvalue weighted by molar-refractivity contribution is -0.181. The quantitative estimate of drug-likeness (QED) is 0.848. The van der Waals surface area contributed by atoms with Gasteiger partial charge in [-0.3, -0.25) is 4.90 Å². The van der Waals surface area contributed by atoms with E-state index in [0.29, 0.717) is 19.5 Å². The number of rotatable bonds is 3. The summed E-state index contributed by atoms with van der Waals surface area (Å²) in [5.41, 5.74) is -0.373. The number of carbonyl (C=O) groups excluding carboxylic acids is 1. The highest BCUT2D eigenvalue weighted by Gasteiger charge is 2.46. The van der Waals surface area contributed by atoms with E-state index in [4.69, 9.17) is 0 Å². The van der Waals surface area contributed by atoms with Crippen LogP contribution in [0.25, 0.3) is 0 Å². The van der Waals surface area contributed by atoms with Gasteiger partial charge in [0.25, 0.3) is 0 Å². The number of halogens is 1. The Morgan fingerprint density at radius 3 is 2.72 bits per heavy atom. The number of ether oxygens (including phenoxy) is 1. The molecular formula is C13H18ClNO3. The van der Waals surface area contributed by atoms with E-state index < -0.39 is 11.7 Å². The highest BCUT2D eigenvalue weighted by molar-refractivity contribution is 5.85. The first kappa shape index (κ1) is 15.0. The van der Waals surface area contributed by atoms with Crippen molar-refractivity contribution in [1.82, 2.24) is 4.90 Å². The number of benzene rings is 1. The fourth-order valence-electron chi connectivity index (χ4n) is 2.27. The van der Waals surface area contributed by atoms with Gasteiger partial charge in [0.1, 0.15) is 0 Å². The Kier molecular flexibility index (Phi) is 5.14. The molecule has 1 aromatic rings. The number of hydrogen-bond donors (Lipinski definition) is 1. The predicted molar refractivity (Wildman–Crippen MR) is 70.3 cm³/mol. The average molecular weight is 272 g/mol. The minimum Gasteiger partial charge on any atom is -0.466 e. The van der Waals surface area contributed by atoms with E-state index >= 15 is 0 Å². The Morgan fingerprint density at radius 1 is 1.44 bits per heavy atom. The van der Waals surface area contributed by atoms with Crippen LogP contribution in [0.15, 0.2) is 30.3 Å². The Labute approximate surface area is 113 Å². The summed E-state index contributed by atoms with van der Waals surface area (Å²) in [5.74, 6) is -0.564. The van der Waals surface area contributed by atoms with Gasteiger partial charge in [-0.05, 0) is 12.0 Å². The van der Waals surface area contributed by atoms with Gasteiger partial charge >= 0.3 is 5.97 Å². The molecule has 1 aromatic carbocycles. The minimum absolute atomic E-state index is 0. The molecule has 1 heterocycles. The van der Waals surface area contributed by atoms with E-state index in [1.807, 2.05) is 30.3 Å². The Morgan fingerprint density at radius 2 is 2.11 bits per heavy atom. The zero-order valence-corrected chi connectivity index (χ0v) is 11.2. The van der Waals surface area contributed by atoms with Crippen LogP contribution in [0.5, 0.6) is 0 Å². The summed E-state index contributed by atoms with van der Waals surface area (Å²) >= 11 is 0. The third-order valence-electron chi connectivity index (χ3n) is 3.21. The van der Waals surface area contributed by atoms with Crippen molar-refractivity contribution in [2.75, 3.05) is 13.7 Å². The van der Waals surface area contributed by atoms with Crippen molar-refractivity contribution < 1.29 is 14.6 Å². The number of likely N-dealkylation sites (tertiary alicyclic amines) is 1. The lowest BCUT2D eigenvalue weighted by Gasteiger charge is -2.30. The molecule has 2 rings (SSSR count). The monoisotopic (exact) mass is 271 g/mol. The van der Waals surface area contributed by atoms with E-state index in [9.17, 15) is 9.90 Å². The summed E-state index contributed by atoms with van der Waals surface area (Å²) in [4.78, 5) is 13.4. The molecule has 1 aliphatic rings. The maximum atomic E-state index is 11.6. The van der Waals surface area contributed by atoms with Gasteiger partial charge in [-0.2, -0.15) is 0 Å². The second kappa shape index (κ2) is 6.18. The fourth-order valence-corrected chi connectivity index (χ4v) is 2.27. The Hall–Kier alpha value is -1.10. The Bertz CT molecular complexity index is 398. The highest BCUT2D eigenvalue weighted by atomic mass is 35.5. The van der Waals surface area contributed by atoms with Crippen LogP contribution in [0.4, 0.5) is 0 Å². The molecule has 1 atom stereocenters. The minimum atomic E-state index is -1.45. The lowest BCUT2D eigenvalue weighted by Crippen LogP contribution is -2.50. The molecular weight excluding hydrogens is 254 g/mol. The summed E-state index contributed by atoms with van der Waals surface area (Å²) < 4.78 is 4.67. The lowest BCUT2D eigenvalue weighted by atomic mass is 10.1. The van der Waals surface area contributed by atoms with E-state index in [1.54, 1.807) is 4.90 Å². The summed E-state index contributed by atoms with van der Waals surface area (Å²) in [6.45, 7) is 1.27. The summed E-state index contributed by atoms with van der Waals surface area (Å²) in [7, 11) is 1.30. The molecule has 1 N–H and O–H groups in total. The first-order chi connectivity index (χ1) is 8.16. The Balaban J connectivity index is 0.00000162. The molecule has 5 heteroatoms. The number of aliphatic hydroxyl groups is 1. The molecule has 0 amide bonds. The van der Waals surface area contributed by atoms with Crippen LogP contribution in [0, 0.1) is 0 Å². The van der Waals surface area contributed by atoms with Crippen molar-refractivity contribution in [2.45, 2.75) is 25.1 Å². The van der Waals surface area contributed by atoms with Gasteiger partial charge < -0.3 is 9.84 Å². The van der Waals surface area contributed by atoms with Crippen LogP contribution in [0.1, 0.15) is 18.4 Å². The van der Waals surface area contributed by atoms with Crippen LogP contribution < -0.4 is 0 Å². The molecule has 0 aliphatic carbocycles. The van der Waals surface area contributed by atoms with Crippen LogP contribution in [-0.2, 0) is 16.1 Å². The van der Waals surface area contributed by atoms with Gasteiger partial charge in [-0.25, -0.2) is 4.79 Å². The molecule has 4 nitrogen and oxygen atoms in total. The van der Waals surface area contributed by atoms with Crippen molar-refractivity contribution in [3.8, 4) is 0 Å². The van der Waals surface area contributed by atoms with Gasteiger partial charge in [-0.15, -0.1) is 12.4 Å². The van der Waals surface area contributed by atoms with Crippen molar-refractivity contribution in [1.29, 1.82) is 0 Å². The maximum Gasteiger partial charge on any atom is 0.353 e. The van der Waals surface area contributed by atoms with Crippen molar-refractivity contribution in [3.05, 3.63) is 35.9 Å². The first-order valence-electron chi connectivity index (χ1n) is 5.76. The van der Waals surface area contributed by atoms with E-state index in [-0.39, 0.29) is 12.4 Å². The van der Waals surface area contributed by atoms with Gasteiger partial charge in [0, 0.05) is 19.5 Å². The molecule has 0 saturated carbocycles. The fraction of sp³-hybridized carbons (Fsp3) is 0.462. The van der Waals surface area contributed by atoms with E-state index in [2.05, 4.69) is 4.74 Å². The van der Waals surface area contributed by atoms with Crippen LogP contribution in [0.2, 0.25) is 0 Å². The first-order valence-corrected chi connectivity index (χ1v) is 5.76. The number of esters is 1. The number of hydrogen-bond acceptors (Lipinski definition) is 4. The molecule has 18 heavy (non-hydrogen) atoms. The second-order valence-electron chi connectivity index (χ2n) is 4.32. The topological polar surface area (TPSA) is 49.8 Å². The zero-order chi connectivity index (χ0) is 12.3. The number of carbonyl (C=O) groups is 1. The number of nitrogens with zero attached hydrogens (tertiary/aromatic N) is 1. The molecule has 1 unspecified atom stereocenters. The molecule has 1 fully saturated rings. The molecule has 0 bridgehead atoms. The second-order valence-corrected chi connectivity index (χ2v) is 4.32. The van der Waals surface area contributed by atoms with E-state index in [0.717, 1.165) is 12.0 Å². The summed E-state index contributed by atoms with van der Waals surface area (Å²) in [6, 6.07) is 9.80. The molecule has 0 spiro atoms. The molecule has 1 aliphatic heterocycles. The van der Waals surface area contributed by atoms with Crippen LogP contribution >= 0.6 is 12.4 Å². The predicted octanol–water partition coefficient (Wildman–Crippen LogP) is 1.57. The van der Waals surface area contributed by atoms with Crippen molar-refractivity contribution in [2.24, 2.45) is 0 Å².